The van der Waals surface area contributed by atoms with Gasteiger partial charge in [-0.1, -0.05) is 48.0 Å². The summed E-state index contributed by atoms with van der Waals surface area (Å²) in [4.78, 5) is 0.322. The van der Waals surface area contributed by atoms with Gasteiger partial charge in [0.1, 0.15) is 5.75 Å². The van der Waals surface area contributed by atoms with E-state index in [1.165, 1.54) is 16.7 Å². The van der Waals surface area contributed by atoms with Crippen LogP contribution in [0.15, 0.2) is 71.6 Å². The van der Waals surface area contributed by atoms with Crippen molar-refractivity contribution in [2.45, 2.75) is 36.6 Å². The van der Waals surface area contributed by atoms with Crippen LogP contribution in [0.2, 0.25) is 0 Å². The minimum atomic E-state index is -3.59. The monoisotopic (exact) mass is 419 g/mol. The molecule has 30 heavy (non-hydrogen) atoms. The predicted molar refractivity (Wildman–Crippen MR) is 118 cm³/mol. The molecule has 4 nitrogen and oxygen atoms in total. The molecular weight excluding hydrogens is 394 g/mol. The van der Waals surface area contributed by atoms with E-state index in [2.05, 4.69) is 49.4 Å². The number of ether oxygens (including phenoxy) is 1. The maximum absolute atomic E-state index is 13.6. The highest BCUT2D eigenvalue weighted by Gasteiger charge is 2.45. The van der Waals surface area contributed by atoms with Crippen LogP contribution < -0.4 is 4.74 Å². The van der Waals surface area contributed by atoms with E-state index in [0.29, 0.717) is 23.1 Å². The molecule has 0 radical (unpaired) electrons. The van der Waals surface area contributed by atoms with Crippen LogP contribution in [0.3, 0.4) is 0 Å². The zero-order valence-corrected chi connectivity index (χ0v) is 18.0. The van der Waals surface area contributed by atoms with Crippen LogP contribution in [-0.4, -0.2) is 26.4 Å². The highest BCUT2D eigenvalue weighted by Crippen LogP contribution is 2.53. The fourth-order valence-electron chi connectivity index (χ4n) is 4.95. The van der Waals surface area contributed by atoms with Crippen molar-refractivity contribution in [1.82, 2.24) is 4.31 Å². The lowest BCUT2D eigenvalue weighted by atomic mass is 9.93. The summed E-state index contributed by atoms with van der Waals surface area (Å²) in [5, 5.41) is 0. The SMILES string of the molecule is COc1ccc(S(=O)(=O)N2CC[C@@H]3C[C@@H]2c2c(-c4ccc(C)cc4)cccc23)cc1. The third-order valence-corrected chi connectivity index (χ3v) is 8.42. The third kappa shape index (κ3) is 3.04. The van der Waals surface area contributed by atoms with Crippen LogP contribution in [0.5, 0.6) is 5.75 Å². The van der Waals surface area contributed by atoms with Crippen LogP contribution in [-0.2, 0) is 10.0 Å². The number of sulfonamides is 1. The normalized spacial score (nSPS) is 20.7. The molecule has 2 aliphatic rings. The summed E-state index contributed by atoms with van der Waals surface area (Å²) < 4.78 is 34.0. The van der Waals surface area contributed by atoms with E-state index in [-0.39, 0.29) is 6.04 Å². The minimum Gasteiger partial charge on any atom is -0.497 e. The van der Waals surface area contributed by atoms with Gasteiger partial charge in [0.05, 0.1) is 18.0 Å². The zero-order valence-electron chi connectivity index (χ0n) is 17.2. The van der Waals surface area contributed by atoms with Crippen molar-refractivity contribution < 1.29 is 13.2 Å². The second-order valence-corrected chi connectivity index (χ2v) is 10.1. The maximum Gasteiger partial charge on any atom is 0.243 e. The lowest BCUT2D eigenvalue weighted by Crippen LogP contribution is -2.37. The Bertz CT molecular complexity index is 1180. The Morgan fingerprint density at radius 1 is 0.967 bits per heavy atom. The van der Waals surface area contributed by atoms with Gasteiger partial charge in [-0.25, -0.2) is 8.42 Å². The average Bonchev–Trinajstić information content (AvgIpc) is 3.06. The molecule has 1 fully saturated rings. The van der Waals surface area contributed by atoms with Gasteiger partial charge in [-0.2, -0.15) is 4.31 Å². The molecular formula is C25H25NO3S. The Hall–Kier alpha value is -2.63. The van der Waals surface area contributed by atoms with Crippen molar-refractivity contribution >= 4 is 10.0 Å². The summed E-state index contributed by atoms with van der Waals surface area (Å²) in [6.07, 6.45) is 1.71. The molecule has 154 valence electrons. The summed E-state index contributed by atoms with van der Waals surface area (Å²) in [6.45, 7) is 2.63. The topological polar surface area (TPSA) is 46.6 Å². The second-order valence-electron chi connectivity index (χ2n) is 8.20. The molecule has 0 spiro atoms. The van der Waals surface area contributed by atoms with Crippen molar-refractivity contribution in [2.24, 2.45) is 0 Å². The first kappa shape index (κ1) is 19.3. The van der Waals surface area contributed by atoms with Crippen molar-refractivity contribution in [3.63, 3.8) is 0 Å². The van der Waals surface area contributed by atoms with Crippen molar-refractivity contribution in [2.75, 3.05) is 13.7 Å². The van der Waals surface area contributed by atoms with E-state index >= 15 is 0 Å². The van der Waals surface area contributed by atoms with Gasteiger partial charge in [-0.05, 0) is 72.2 Å². The van der Waals surface area contributed by atoms with Gasteiger partial charge >= 0.3 is 0 Å². The summed E-state index contributed by atoms with van der Waals surface area (Å²) in [7, 11) is -2.01. The zero-order chi connectivity index (χ0) is 20.9. The van der Waals surface area contributed by atoms with Crippen LogP contribution in [0.1, 0.15) is 41.5 Å². The first-order chi connectivity index (χ1) is 14.5. The molecule has 1 aliphatic heterocycles. The molecule has 2 bridgehead atoms. The van der Waals surface area contributed by atoms with Gasteiger partial charge in [0.15, 0.2) is 0 Å². The number of piperidine rings is 1. The summed E-state index contributed by atoms with van der Waals surface area (Å²) in [5.74, 6) is 1.08. The van der Waals surface area contributed by atoms with E-state index in [9.17, 15) is 8.42 Å². The standard InChI is InChI=1S/C25H25NO3S/c1-17-6-8-18(9-7-17)22-4-3-5-23-19-14-15-26(24(16-19)25(22)23)30(27,28)21-12-10-20(29-2)11-13-21/h3-13,19,24H,14-16H2,1-2H3/t19-,24-/m1/s1. The number of benzene rings is 3. The van der Waals surface area contributed by atoms with E-state index < -0.39 is 10.0 Å². The molecule has 0 aromatic heterocycles. The summed E-state index contributed by atoms with van der Waals surface area (Å²) in [6, 6.07) is 21.5. The summed E-state index contributed by atoms with van der Waals surface area (Å²) in [5.41, 5.74) is 6.00. The Morgan fingerprint density at radius 2 is 1.70 bits per heavy atom. The van der Waals surface area contributed by atoms with E-state index in [4.69, 9.17) is 4.74 Å². The van der Waals surface area contributed by atoms with Crippen LogP contribution in [0, 0.1) is 6.92 Å². The molecule has 3 aromatic carbocycles. The first-order valence-corrected chi connectivity index (χ1v) is 11.8. The Kier molecular flexibility index (Phi) is 4.68. The molecule has 0 saturated carbocycles. The third-order valence-electron chi connectivity index (χ3n) is 6.49. The van der Waals surface area contributed by atoms with Crippen LogP contribution in [0.4, 0.5) is 0 Å². The molecule has 1 heterocycles. The molecule has 1 saturated heterocycles. The number of hydrogen-bond acceptors (Lipinski definition) is 3. The first-order valence-electron chi connectivity index (χ1n) is 10.3. The van der Waals surface area contributed by atoms with Gasteiger partial charge < -0.3 is 4.74 Å². The number of nitrogens with zero attached hydrogens (tertiary/aromatic N) is 1. The molecule has 3 aromatic rings. The largest absolute Gasteiger partial charge is 0.497 e. The van der Waals surface area contributed by atoms with Crippen LogP contribution in [0.25, 0.3) is 11.1 Å². The van der Waals surface area contributed by atoms with E-state index in [1.807, 2.05) is 0 Å². The molecule has 0 N–H and O–H groups in total. The highest BCUT2D eigenvalue weighted by molar-refractivity contribution is 7.89. The quantitative estimate of drug-likeness (QED) is 0.577. The number of hydrogen-bond donors (Lipinski definition) is 0. The van der Waals surface area contributed by atoms with Gasteiger partial charge in [0.2, 0.25) is 10.0 Å². The number of rotatable bonds is 4. The smallest absolute Gasteiger partial charge is 0.243 e. The van der Waals surface area contributed by atoms with Gasteiger partial charge in [-0.15, -0.1) is 0 Å². The molecule has 1 aliphatic carbocycles. The Balaban J connectivity index is 1.59. The molecule has 0 unspecified atom stereocenters. The molecule has 2 atom stereocenters. The number of fused-ring (bicyclic) bond motifs is 5. The van der Waals surface area contributed by atoms with Crippen molar-refractivity contribution in [3.8, 4) is 16.9 Å². The fourth-order valence-corrected chi connectivity index (χ4v) is 6.58. The fraction of sp³-hybridized carbons (Fsp3) is 0.280. The Morgan fingerprint density at radius 3 is 2.40 bits per heavy atom. The van der Waals surface area contributed by atoms with Gasteiger partial charge in [0.25, 0.3) is 0 Å². The predicted octanol–water partition coefficient (Wildman–Crippen LogP) is 5.29. The number of methoxy groups -OCH3 is 1. The molecule has 5 rings (SSSR count). The summed E-state index contributed by atoms with van der Waals surface area (Å²) >= 11 is 0. The lowest BCUT2D eigenvalue weighted by Gasteiger charge is -2.33. The van der Waals surface area contributed by atoms with E-state index in [0.717, 1.165) is 24.0 Å². The van der Waals surface area contributed by atoms with E-state index in [1.54, 1.807) is 35.7 Å². The maximum atomic E-state index is 13.6. The minimum absolute atomic E-state index is 0.122. The number of aryl methyl sites for hydroxylation is 1. The van der Waals surface area contributed by atoms with Crippen molar-refractivity contribution in [1.29, 1.82) is 0 Å². The lowest BCUT2D eigenvalue weighted by molar-refractivity contribution is 0.260. The molecule has 5 heteroatoms. The molecule has 0 amide bonds. The Labute approximate surface area is 178 Å². The second kappa shape index (κ2) is 7.25. The van der Waals surface area contributed by atoms with Gasteiger partial charge in [0, 0.05) is 6.54 Å². The van der Waals surface area contributed by atoms with Crippen molar-refractivity contribution in [3.05, 3.63) is 83.4 Å². The van der Waals surface area contributed by atoms with Crippen LogP contribution >= 0.6 is 0 Å². The van der Waals surface area contributed by atoms with Gasteiger partial charge in [-0.3, -0.25) is 0 Å². The highest BCUT2D eigenvalue weighted by atomic mass is 32.2. The average molecular weight is 420 g/mol.